The van der Waals surface area contributed by atoms with E-state index in [1.807, 2.05) is 25.1 Å². The minimum atomic E-state index is -4.72. The molecule has 3 rings (SSSR count). The smallest absolute Gasteiger partial charge is 0.350 e. The highest BCUT2D eigenvalue weighted by Crippen LogP contribution is 2.30. The van der Waals surface area contributed by atoms with Crippen molar-refractivity contribution in [1.29, 1.82) is 5.26 Å². The van der Waals surface area contributed by atoms with Crippen molar-refractivity contribution in [3.63, 3.8) is 0 Å². The molecule has 0 aliphatic heterocycles. The topological polar surface area (TPSA) is 113 Å². The standard InChI is InChI=1S/C23H20F4N6O2/c1-2-14-3-5-15(6-4-14)19(12-28)30-22(35)20-13-33(32-31-20)10-9-29-21(34)17-11-16(23(25,26)27)7-8-18(17)24/h3-8,11,13,19H,2,9-10H2,1H3,(H,29,34)(H,30,35). The zero-order valence-corrected chi connectivity index (χ0v) is 18.4. The van der Waals surface area contributed by atoms with Crippen LogP contribution in [0.25, 0.3) is 0 Å². The largest absolute Gasteiger partial charge is 0.416 e. The number of benzene rings is 2. The Morgan fingerprint density at radius 3 is 2.49 bits per heavy atom. The minimum absolute atomic E-state index is 0.00671. The first-order valence-corrected chi connectivity index (χ1v) is 10.5. The van der Waals surface area contributed by atoms with Crippen molar-refractivity contribution in [2.24, 2.45) is 0 Å². The van der Waals surface area contributed by atoms with Gasteiger partial charge in [-0.05, 0) is 35.7 Å². The van der Waals surface area contributed by atoms with Gasteiger partial charge < -0.3 is 10.6 Å². The van der Waals surface area contributed by atoms with E-state index in [0.29, 0.717) is 23.8 Å². The Labute approximate surface area is 197 Å². The van der Waals surface area contributed by atoms with Gasteiger partial charge in [0.1, 0.15) is 11.9 Å². The summed E-state index contributed by atoms with van der Waals surface area (Å²) in [6.07, 6.45) is -2.60. The lowest BCUT2D eigenvalue weighted by Crippen LogP contribution is -2.29. The van der Waals surface area contributed by atoms with Gasteiger partial charge in [-0.25, -0.2) is 9.07 Å². The number of hydrogen-bond acceptors (Lipinski definition) is 5. The molecule has 12 heteroatoms. The second-order valence-electron chi connectivity index (χ2n) is 7.45. The molecule has 0 bridgehead atoms. The molecule has 8 nitrogen and oxygen atoms in total. The molecule has 0 aliphatic rings. The summed E-state index contributed by atoms with van der Waals surface area (Å²) in [5, 5.41) is 21.7. The van der Waals surface area contributed by atoms with Crippen LogP contribution in [0.5, 0.6) is 0 Å². The fourth-order valence-electron chi connectivity index (χ4n) is 3.11. The number of halogens is 4. The molecule has 1 unspecified atom stereocenters. The number of nitrogens with one attached hydrogen (secondary N) is 2. The summed E-state index contributed by atoms with van der Waals surface area (Å²) in [6, 6.07) is 9.89. The summed E-state index contributed by atoms with van der Waals surface area (Å²) >= 11 is 0. The van der Waals surface area contributed by atoms with Crippen LogP contribution in [-0.4, -0.2) is 33.4 Å². The SMILES string of the molecule is CCc1ccc(C(C#N)NC(=O)c2cn(CCNC(=O)c3cc(C(F)(F)F)ccc3F)nn2)cc1. The molecule has 0 saturated heterocycles. The number of hydrogen-bond donors (Lipinski definition) is 2. The van der Waals surface area contributed by atoms with Crippen LogP contribution in [0.1, 0.15) is 50.5 Å². The first-order chi connectivity index (χ1) is 16.6. The molecule has 1 aromatic heterocycles. The highest BCUT2D eigenvalue weighted by Gasteiger charge is 2.32. The summed E-state index contributed by atoms with van der Waals surface area (Å²) in [5.74, 6) is -2.76. The molecule has 0 aliphatic carbocycles. The Hall–Kier alpha value is -4.27. The van der Waals surface area contributed by atoms with Gasteiger partial charge in [-0.2, -0.15) is 18.4 Å². The molecule has 0 radical (unpaired) electrons. The maximum Gasteiger partial charge on any atom is 0.416 e. The van der Waals surface area contributed by atoms with Crippen molar-refractivity contribution in [3.05, 3.63) is 82.4 Å². The van der Waals surface area contributed by atoms with E-state index in [1.54, 1.807) is 12.1 Å². The van der Waals surface area contributed by atoms with Crippen LogP contribution >= 0.6 is 0 Å². The third kappa shape index (κ3) is 6.41. The average Bonchev–Trinajstić information content (AvgIpc) is 3.31. The number of aromatic nitrogens is 3. The van der Waals surface area contributed by atoms with Gasteiger partial charge in [0.25, 0.3) is 11.8 Å². The van der Waals surface area contributed by atoms with Gasteiger partial charge in [-0.3, -0.25) is 9.59 Å². The first kappa shape index (κ1) is 25.4. The van der Waals surface area contributed by atoms with E-state index in [2.05, 4.69) is 20.9 Å². The number of carbonyl (C=O) groups excluding carboxylic acids is 2. The summed E-state index contributed by atoms with van der Waals surface area (Å²) in [5.41, 5.74) is -0.274. The van der Waals surface area contributed by atoms with Crippen LogP contribution in [-0.2, 0) is 19.1 Å². The molecule has 2 aromatic carbocycles. The highest BCUT2D eigenvalue weighted by molar-refractivity contribution is 5.94. The van der Waals surface area contributed by atoms with Crippen molar-refractivity contribution < 1.29 is 27.2 Å². The maximum absolute atomic E-state index is 13.8. The molecule has 182 valence electrons. The second-order valence-corrected chi connectivity index (χ2v) is 7.45. The first-order valence-electron chi connectivity index (χ1n) is 10.5. The number of nitriles is 1. The Kier molecular flexibility index (Phi) is 7.80. The molecule has 0 spiro atoms. The lowest BCUT2D eigenvalue weighted by molar-refractivity contribution is -0.137. The third-order valence-corrected chi connectivity index (χ3v) is 5.06. The van der Waals surface area contributed by atoms with Gasteiger partial charge in [0.15, 0.2) is 5.69 Å². The van der Waals surface area contributed by atoms with Crippen molar-refractivity contribution >= 4 is 11.8 Å². The van der Waals surface area contributed by atoms with E-state index in [4.69, 9.17) is 0 Å². The van der Waals surface area contributed by atoms with Crippen molar-refractivity contribution in [2.75, 3.05) is 6.54 Å². The van der Waals surface area contributed by atoms with Crippen LogP contribution in [0.15, 0.2) is 48.7 Å². The van der Waals surface area contributed by atoms with Gasteiger partial charge in [0.05, 0.1) is 29.9 Å². The summed E-state index contributed by atoms with van der Waals surface area (Å²) in [6.45, 7) is 1.88. The summed E-state index contributed by atoms with van der Waals surface area (Å²) in [7, 11) is 0. The number of aryl methyl sites for hydroxylation is 1. The zero-order chi connectivity index (χ0) is 25.6. The van der Waals surface area contributed by atoms with E-state index in [9.17, 15) is 32.4 Å². The van der Waals surface area contributed by atoms with Crippen LogP contribution in [0.3, 0.4) is 0 Å². The maximum atomic E-state index is 13.8. The zero-order valence-electron chi connectivity index (χ0n) is 18.4. The molecule has 2 N–H and O–H groups in total. The summed E-state index contributed by atoms with van der Waals surface area (Å²) in [4.78, 5) is 24.6. The molecular weight excluding hydrogens is 468 g/mol. The van der Waals surface area contributed by atoms with Crippen LogP contribution in [0.4, 0.5) is 17.6 Å². The van der Waals surface area contributed by atoms with Crippen LogP contribution in [0, 0.1) is 17.1 Å². The molecule has 35 heavy (non-hydrogen) atoms. The monoisotopic (exact) mass is 488 g/mol. The Morgan fingerprint density at radius 2 is 1.86 bits per heavy atom. The fourth-order valence-corrected chi connectivity index (χ4v) is 3.11. The van der Waals surface area contributed by atoms with E-state index in [-0.39, 0.29) is 18.8 Å². The van der Waals surface area contributed by atoms with Gasteiger partial charge in [-0.1, -0.05) is 36.4 Å². The van der Waals surface area contributed by atoms with E-state index in [0.717, 1.165) is 12.0 Å². The second kappa shape index (κ2) is 10.8. The Morgan fingerprint density at radius 1 is 1.14 bits per heavy atom. The number of amides is 2. The summed E-state index contributed by atoms with van der Waals surface area (Å²) < 4.78 is 53.5. The van der Waals surface area contributed by atoms with Crippen molar-refractivity contribution in [2.45, 2.75) is 32.1 Å². The predicted molar refractivity (Wildman–Crippen MR) is 115 cm³/mol. The average molecular weight is 488 g/mol. The number of rotatable bonds is 8. The van der Waals surface area contributed by atoms with Gasteiger partial charge in [0.2, 0.25) is 0 Å². The van der Waals surface area contributed by atoms with Gasteiger partial charge in [-0.15, -0.1) is 5.10 Å². The predicted octanol–water partition coefficient (Wildman–Crippen LogP) is 3.42. The van der Waals surface area contributed by atoms with Crippen molar-refractivity contribution in [1.82, 2.24) is 25.6 Å². The minimum Gasteiger partial charge on any atom is -0.350 e. The van der Waals surface area contributed by atoms with Gasteiger partial charge >= 0.3 is 6.18 Å². The Balaban J connectivity index is 1.57. The molecule has 0 saturated carbocycles. The van der Waals surface area contributed by atoms with Crippen LogP contribution < -0.4 is 10.6 Å². The van der Waals surface area contributed by atoms with E-state index < -0.39 is 41.0 Å². The van der Waals surface area contributed by atoms with Crippen LogP contribution in [0.2, 0.25) is 0 Å². The van der Waals surface area contributed by atoms with Gasteiger partial charge in [0, 0.05) is 6.54 Å². The van der Waals surface area contributed by atoms with E-state index >= 15 is 0 Å². The molecule has 1 atom stereocenters. The lowest BCUT2D eigenvalue weighted by Gasteiger charge is -2.11. The van der Waals surface area contributed by atoms with Crippen molar-refractivity contribution in [3.8, 4) is 6.07 Å². The lowest BCUT2D eigenvalue weighted by atomic mass is 10.0. The molecular formula is C23H20F4N6O2. The quantitative estimate of drug-likeness (QED) is 0.472. The number of carbonyl (C=O) groups is 2. The number of alkyl halides is 3. The van der Waals surface area contributed by atoms with E-state index in [1.165, 1.54) is 10.9 Å². The fraction of sp³-hybridized carbons (Fsp3) is 0.261. The molecule has 3 aromatic rings. The molecule has 0 fully saturated rings. The third-order valence-electron chi connectivity index (χ3n) is 5.06. The Bertz CT molecular complexity index is 1250. The highest BCUT2D eigenvalue weighted by atomic mass is 19.4. The normalized spacial score (nSPS) is 12.0. The molecule has 1 heterocycles. The number of nitrogens with zero attached hydrogens (tertiary/aromatic N) is 4. The molecule has 2 amide bonds.